The summed E-state index contributed by atoms with van der Waals surface area (Å²) in [6.45, 7) is 5.24. The molecule has 2 aliphatic rings. The van der Waals surface area contributed by atoms with E-state index in [0.717, 1.165) is 0 Å². The second-order valence-electron chi connectivity index (χ2n) is 28.5. The predicted octanol–water partition coefficient (Wildman–Crippen LogP) is -12.2. The van der Waals surface area contributed by atoms with E-state index in [0.29, 0.717) is 19.3 Å². The number of carboxylic acid groups (broad SMARTS) is 2. The lowest BCUT2D eigenvalue weighted by molar-refractivity contribution is -0.142. The Kier molecular flexibility index (Phi) is 45.9. The van der Waals surface area contributed by atoms with Crippen LogP contribution in [0.4, 0.5) is 0 Å². The molecule has 0 saturated carbocycles. The first-order chi connectivity index (χ1) is 55.5. The van der Waals surface area contributed by atoms with Crippen molar-refractivity contribution in [3.63, 3.8) is 0 Å². The number of thiol groups is 1. The highest BCUT2D eigenvalue weighted by molar-refractivity contribution is 7.80. The van der Waals surface area contributed by atoms with Crippen LogP contribution in [0.2, 0.25) is 0 Å². The lowest BCUT2D eigenvalue weighted by Crippen LogP contribution is -2.60. The molecular weight excluding hydrogens is 1570 g/mol. The molecule has 2 rings (SSSR count). The number of likely N-dealkylation sites (tertiary alicyclic amines) is 2. The summed E-state index contributed by atoms with van der Waals surface area (Å²) in [5, 5.41) is 51.2. The number of aliphatic carboxylic acids is 2. The van der Waals surface area contributed by atoms with Crippen LogP contribution in [0.1, 0.15) is 137 Å². The van der Waals surface area contributed by atoms with Crippen LogP contribution in [-0.4, -0.2) is 294 Å². The van der Waals surface area contributed by atoms with Gasteiger partial charge in [-0.3, -0.25) is 101 Å². The quantitative estimate of drug-likeness (QED) is 0.0116. The van der Waals surface area contributed by atoms with Crippen molar-refractivity contribution < 1.29 is 96.5 Å². The van der Waals surface area contributed by atoms with Crippen LogP contribution in [0.5, 0.6) is 0 Å². The third kappa shape index (κ3) is 39.0. The molecule has 0 aliphatic carbocycles. The van der Waals surface area contributed by atoms with Crippen molar-refractivity contribution in [2.24, 2.45) is 89.1 Å². The van der Waals surface area contributed by atoms with Crippen LogP contribution in [0.3, 0.4) is 0 Å². The monoisotopic (exact) mass is 1690 g/mol. The number of carboxylic acids is 2. The molecule has 2 aliphatic heterocycles. The second kappa shape index (κ2) is 53.2. The summed E-state index contributed by atoms with van der Waals surface area (Å²) in [4.78, 5) is 259. The molecule has 2 heterocycles. The van der Waals surface area contributed by atoms with E-state index in [2.05, 4.69) is 102 Å². The molecule has 0 spiro atoms. The Morgan fingerprint density at radius 1 is 0.424 bits per heavy atom. The van der Waals surface area contributed by atoms with Gasteiger partial charge in [-0.05, 0) is 109 Å². The number of hydrogen-bond acceptors (Lipinski definition) is 24. The SMILES string of the molecule is CC(C)C[C@H](NC(=O)[C@H](CCC(N)=O)NC(=O)CNC(=O)CNC(=O)[C@@H]1CCCN1C(=O)[C@H](C)NC(=O)[C@H](CCCN=C(N)N)NC(=O)[C@@H]1CCCN1C(=O)CN)C(=O)N[C@@H](CC(=O)O)C(=O)N[C@@H](CCCN=C(N)N)C(=O)N[C@H](C(=O)NCC(=O)N[C@@H](CCCN=C(N)N)C(=O)N[C@@H](CS)C(=O)N[C@@H](CCCN=C(N)N)C(=O)O)C(C)C. The number of aliphatic imine (C=N–C) groups is 4. The first-order valence-corrected chi connectivity index (χ1v) is 38.8. The van der Waals surface area contributed by atoms with Crippen molar-refractivity contribution in [1.82, 2.24) is 78.9 Å². The Bertz CT molecular complexity index is 3630. The molecule has 49 nitrogen and oxygen atoms in total. The Balaban J connectivity index is 2.26. The lowest BCUT2D eigenvalue weighted by atomic mass is 10.0. The zero-order valence-electron chi connectivity index (χ0n) is 66.8. The molecule has 0 unspecified atom stereocenters. The fourth-order valence-electron chi connectivity index (χ4n) is 12.0. The number of amides is 16. The van der Waals surface area contributed by atoms with Crippen molar-refractivity contribution >= 4 is 143 Å². The van der Waals surface area contributed by atoms with Gasteiger partial charge in [0.2, 0.25) is 94.5 Å². The standard InChI is InChI=1S/C68H119N29O20S/c1-33(2)26-41(92-55(107)39(18-19-46(70)98)88-48(100)30-83-47(99)29-84-60(112)44-16-11-25-97(44)63(115)35(5)86-53(105)37(13-7-21-80-66(73)74)90-61(113)45-17-10-24-96(45)50(102)28-69)57(109)93-42(27-51(103)104)58(110)89-38(14-8-22-81-67(75)76)56(108)95-52(34(3)4)62(114)85-31-49(101)87-36(12-6-20-79-65(71)72)54(106)94-43(32-118)59(111)91-40(64(116)117)15-9-23-82-68(77)78/h33-45,52,118H,6-32,69H2,1-5H3,(H2,70,98)(H,83,99)(H,84,112)(H,85,114)(H,86,105)(H,87,101)(H,88,100)(H,89,110)(H,90,113)(H,91,111)(H,92,107)(H,93,109)(H,94,106)(H,95,108)(H,103,104)(H,116,117)(H4,71,72,79)(H4,73,74,80)(H4,75,76,81)(H4,77,78,82)/t35-,36-,37-,38-,39-,40-,41-,42-,43-,44-,45-,52-/m0/s1. The fourth-order valence-corrected chi connectivity index (χ4v) is 12.3. The average Bonchev–Trinajstić information content (AvgIpc) is 1.60. The van der Waals surface area contributed by atoms with E-state index in [1.165, 1.54) is 30.6 Å². The molecular formula is C68H119N29O20S. The maximum absolute atomic E-state index is 14.3. The number of carbonyl (C=O) groups excluding carboxylic acids is 16. The van der Waals surface area contributed by atoms with Crippen LogP contribution in [-0.2, 0) is 86.3 Å². The van der Waals surface area contributed by atoms with Gasteiger partial charge >= 0.3 is 11.9 Å². The Morgan fingerprint density at radius 3 is 1.28 bits per heavy atom. The van der Waals surface area contributed by atoms with Gasteiger partial charge in [0.15, 0.2) is 23.8 Å². The number of nitrogens with two attached hydrogens (primary N) is 10. The maximum Gasteiger partial charge on any atom is 0.326 e. The number of primary amides is 1. The summed E-state index contributed by atoms with van der Waals surface area (Å²) < 4.78 is 0. The summed E-state index contributed by atoms with van der Waals surface area (Å²) in [5.74, 6) is -20.3. The summed E-state index contributed by atoms with van der Waals surface area (Å²) >= 11 is 4.14. The number of guanidine groups is 4. The van der Waals surface area contributed by atoms with E-state index in [1.807, 2.05) is 0 Å². The largest absolute Gasteiger partial charge is 0.481 e. The van der Waals surface area contributed by atoms with E-state index in [1.54, 1.807) is 13.8 Å². The average molecular weight is 1690 g/mol. The van der Waals surface area contributed by atoms with E-state index >= 15 is 0 Å². The van der Waals surface area contributed by atoms with Gasteiger partial charge in [-0.15, -0.1) is 0 Å². The summed E-state index contributed by atoms with van der Waals surface area (Å²) in [6.07, 6.45) is -1.17. The highest BCUT2D eigenvalue weighted by Crippen LogP contribution is 2.21. The normalized spacial score (nSPS) is 16.0. The molecule has 0 radical (unpaired) electrons. The van der Waals surface area contributed by atoms with Crippen LogP contribution in [0.25, 0.3) is 0 Å². The van der Waals surface area contributed by atoms with E-state index < -0.39 is 230 Å². The van der Waals surface area contributed by atoms with E-state index in [4.69, 9.17) is 57.3 Å². The molecule has 0 aromatic rings. The molecule has 35 N–H and O–H groups in total. The van der Waals surface area contributed by atoms with Gasteiger partial charge in [0, 0.05) is 51.4 Å². The van der Waals surface area contributed by atoms with Gasteiger partial charge in [-0.25, -0.2) is 4.79 Å². The van der Waals surface area contributed by atoms with Crippen LogP contribution < -0.4 is 126 Å². The molecule has 0 bridgehead atoms. The van der Waals surface area contributed by atoms with Gasteiger partial charge in [0.25, 0.3) is 0 Å². The first-order valence-electron chi connectivity index (χ1n) is 38.2. The van der Waals surface area contributed by atoms with Crippen molar-refractivity contribution in [2.75, 3.05) is 71.2 Å². The summed E-state index contributed by atoms with van der Waals surface area (Å²) in [5.41, 5.74) is 54.4. The number of carbonyl (C=O) groups is 18. The molecule has 118 heavy (non-hydrogen) atoms. The Hall–Kier alpha value is -12.1. The fraction of sp³-hybridized carbons (Fsp3) is 0.676. The molecule has 0 aromatic heterocycles. The first kappa shape index (κ1) is 102. The zero-order valence-corrected chi connectivity index (χ0v) is 67.7. The number of nitrogens with one attached hydrogen (secondary N) is 13. The van der Waals surface area contributed by atoms with Crippen molar-refractivity contribution in [1.29, 1.82) is 0 Å². The minimum absolute atomic E-state index is 0.0165. The second-order valence-corrected chi connectivity index (χ2v) is 28.8. The third-order valence-electron chi connectivity index (χ3n) is 18.0. The number of nitrogens with zero attached hydrogens (tertiary/aromatic N) is 6. The number of hydrogen-bond donors (Lipinski definition) is 26. The zero-order chi connectivity index (χ0) is 89.1. The van der Waals surface area contributed by atoms with Crippen molar-refractivity contribution in [2.45, 2.75) is 210 Å². The van der Waals surface area contributed by atoms with Crippen LogP contribution >= 0.6 is 12.6 Å². The highest BCUT2D eigenvalue weighted by Gasteiger charge is 2.41. The van der Waals surface area contributed by atoms with Gasteiger partial charge < -0.3 is 146 Å². The maximum atomic E-state index is 14.3. The Labute approximate surface area is 685 Å². The summed E-state index contributed by atoms with van der Waals surface area (Å²) in [7, 11) is 0. The molecule has 0 aromatic carbocycles. The van der Waals surface area contributed by atoms with Crippen molar-refractivity contribution in [3.8, 4) is 0 Å². The lowest BCUT2D eigenvalue weighted by Gasteiger charge is -2.29. The Morgan fingerprint density at radius 2 is 0.814 bits per heavy atom. The predicted molar refractivity (Wildman–Crippen MR) is 429 cm³/mol. The van der Waals surface area contributed by atoms with Gasteiger partial charge in [0.1, 0.15) is 72.5 Å². The molecule has 2 saturated heterocycles. The number of rotatable bonds is 54. The highest BCUT2D eigenvalue weighted by atomic mass is 32.1. The van der Waals surface area contributed by atoms with Gasteiger partial charge in [0.05, 0.1) is 32.6 Å². The van der Waals surface area contributed by atoms with E-state index in [-0.39, 0.29) is 140 Å². The minimum atomic E-state index is -2.01. The van der Waals surface area contributed by atoms with Crippen LogP contribution in [0.15, 0.2) is 20.0 Å². The molecule has 12 atom stereocenters. The smallest absolute Gasteiger partial charge is 0.326 e. The van der Waals surface area contributed by atoms with Crippen LogP contribution in [0, 0.1) is 11.8 Å². The minimum Gasteiger partial charge on any atom is -0.481 e. The van der Waals surface area contributed by atoms with Gasteiger partial charge in [-0.1, -0.05) is 27.7 Å². The molecule has 2 fully saturated rings. The molecule has 50 heteroatoms. The third-order valence-corrected chi connectivity index (χ3v) is 18.3. The molecule has 662 valence electrons. The van der Waals surface area contributed by atoms with Gasteiger partial charge in [-0.2, -0.15) is 12.6 Å². The molecule has 16 amide bonds. The van der Waals surface area contributed by atoms with Crippen molar-refractivity contribution in [3.05, 3.63) is 0 Å². The summed E-state index contributed by atoms with van der Waals surface area (Å²) in [6, 6.07) is -17.2. The van der Waals surface area contributed by atoms with E-state index in [9.17, 15) is 96.5 Å². The topological polar surface area (TPSA) is 820 Å².